The highest BCUT2D eigenvalue weighted by molar-refractivity contribution is 5.31. The van der Waals surface area contributed by atoms with E-state index in [-0.39, 0.29) is 12.1 Å². The third-order valence-corrected chi connectivity index (χ3v) is 4.17. The SMILES string of the molecule is CN1CCN(Cc2nc(N)nc(NCC3CCCO3)n2)CC1. The van der Waals surface area contributed by atoms with Crippen LogP contribution < -0.4 is 11.1 Å². The summed E-state index contributed by atoms with van der Waals surface area (Å²) in [6, 6.07) is 0. The molecule has 22 heavy (non-hydrogen) atoms. The number of piperazine rings is 1. The molecule has 3 rings (SSSR count). The Labute approximate surface area is 131 Å². The molecule has 2 saturated heterocycles. The summed E-state index contributed by atoms with van der Waals surface area (Å²) in [6.07, 6.45) is 2.46. The largest absolute Gasteiger partial charge is 0.376 e. The van der Waals surface area contributed by atoms with Gasteiger partial charge in [0.25, 0.3) is 0 Å². The standard InChI is InChI=1S/C14H25N7O/c1-20-4-6-21(7-5-20)10-12-17-13(15)19-14(18-12)16-9-11-3-2-8-22-11/h11H,2-10H2,1H3,(H3,15,16,17,18,19). The van der Waals surface area contributed by atoms with Crippen molar-refractivity contribution in [2.75, 3.05) is 57.4 Å². The fraction of sp³-hybridized carbons (Fsp3) is 0.786. The van der Waals surface area contributed by atoms with E-state index >= 15 is 0 Å². The highest BCUT2D eigenvalue weighted by Crippen LogP contribution is 2.13. The van der Waals surface area contributed by atoms with Crippen LogP contribution in [0.4, 0.5) is 11.9 Å². The van der Waals surface area contributed by atoms with E-state index in [2.05, 4.69) is 37.1 Å². The maximum atomic E-state index is 5.81. The summed E-state index contributed by atoms with van der Waals surface area (Å²) in [5, 5.41) is 3.22. The van der Waals surface area contributed by atoms with E-state index < -0.39 is 0 Å². The molecule has 8 heteroatoms. The van der Waals surface area contributed by atoms with Crippen LogP contribution in [0.1, 0.15) is 18.7 Å². The minimum Gasteiger partial charge on any atom is -0.376 e. The number of nitrogen functional groups attached to an aromatic ring is 1. The van der Waals surface area contributed by atoms with Crippen molar-refractivity contribution < 1.29 is 4.74 Å². The third-order valence-electron chi connectivity index (χ3n) is 4.17. The van der Waals surface area contributed by atoms with Crippen LogP contribution in [0.5, 0.6) is 0 Å². The molecular formula is C14H25N7O. The lowest BCUT2D eigenvalue weighted by molar-refractivity contribution is 0.120. The van der Waals surface area contributed by atoms with Crippen LogP contribution in [0.25, 0.3) is 0 Å². The third kappa shape index (κ3) is 4.25. The Hall–Kier alpha value is -1.51. The molecule has 0 radical (unpaired) electrons. The number of hydrogen-bond acceptors (Lipinski definition) is 8. The number of nitrogens with one attached hydrogen (secondary N) is 1. The molecule has 1 aromatic heterocycles. The minimum absolute atomic E-state index is 0.249. The molecule has 0 spiro atoms. The lowest BCUT2D eigenvalue weighted by Gasteiger charge is -2.31. The van der Waals surface area contributed by atoms with E-state index in [1.54, 1.807) is 0 Å². The zero-order valence-electron chi connectivity index (χ0n) is 13.2. The molecule has 1 aromatic rings. The smallest absolute Gasteiger partial charge is 0.227 e. The number of aromatic nitrogens is 3. The van der Waals surface area contributed by atoms with Gasteiger partial charge in [-0.15, -0.1) is 0 Å². The summed E-state index contributed by atoms with van der Waals surface area (Å²) in [5.41, 5.74) is 5.81. The lowest BCUT2D eigenvalue weighted by Crippen LogP contribution is -2.44. The number of anilines is 2. The number of hydrogen-bond donors (Lipinski definition) is 2. The van der Waals surface area contributed by atoms with Crippen molar-refractivity contribution in [3.05, 3.63) is 5.82 Å². The van der Waals surface area contributed by atoms with Gasteiger partial charge in [-0.1, -0.05) is 0 Å². The summed E-state index contributed by atoms with van der Waals surface area (Å²) in [5.74, 6) is 1.55. The van der Waals surface area contributed by atoms with Gasteiger partial charge in [0.15, 0.2) is 0 Å². The zero-order valence-corrected chi connectivity index (χ0v) is 13.2. The Balaban J connectivity index is 1.56. The predicted octanol–water partition coefficient (Wildman–Crippen LogP) is -0.208. The first-order chi connectivity index (χ1) is 10.7. The lowest BCUT2D eigenvalue weighted by atomic mass is 10.2. The summed E-state index contributed by atoms with van der Waals surface area (Å²) in [6.45, 7) is 6.49. The van der Waals surface area contributed by atoms with Crippen molar-refractivity contribution >= 4 is 11.9 Å². The average molecular weight is 307 g/mol. The van der Waals surface area contributed by atoms with Gasteiger partial charge in [-0.25, -0.2) is 0 Å². The average Bonchev–Trinajstić information content (AvgIpc) is 3.00. The topological polar surface area (TPSA) is 92.4 Å². The maximum absolute atomic E-state index is 5.81. The molecule has 2 fully saturated rings. The van der Waals surface area contributed by atoms with Gasteiger partial charge in [0.05, 0.1) is 12.6 Å². The van der Waals surface area contributed by atoms with Gasteiger partial charge in [0, 0.05) is 39.3 Å². The van der Waals surface area contributed by atoms with E-state index in [0.717, 1.165) is 64.5 Å². The highest BCUT2D eigenvalue weighted by Gasteiger charge is 2.18. The molecular weight excluding hydrogens is 282 g/mol. The second-order valence-electron chi connectivity index (χ2n) is 6.03. The second-order valence-corrected chi connectivity index (χ2v) is 6.03. The Bertz CT molecular complexity index is 484. The normalized spacial score (nSPS) is 23.8. The van der Waals surface area contributed by atoms with Gasteiger partial charge in [-0.05, 0) is 19.9 Å². The van der Waals surface area contributed by atoms with E-state index in [0.29, 0.717) is 5.95 Å². The Morgan fingerprint density at radius 3 is 2.77 bits per heavy atom. The second kappa shape index (κ2) is 7.17. The Morgan fingerprint density at radius 1 is 1.23 bits per heavy atom. The number of nitrogens with two attached hydrogens (primary N) is 1. The van der Waals surface area contributed by atoms with E-state index in [9.17, 15) is 0 Å². The van der Waals surface area contributed by atoms with Crippen LogP contribution in [0.2, 0.25) is 0 Å². The van der Waals surface area contributed by atoms with Crippen LogP contribution in [0.15, 0.2) is 0 Å². The van der Waals surface area contributed by atoms with Crippen molar-refractivity contribution in [2.24, 2.45) is 0 Å². The van der Waals surface area contributed by atoms with Crippen LogP contribution in [0, 0.1) is 0 Å². The van der Waals surface area contributed by atoms with Crippen LogP contribution in [0.3, 0.4) is 0 Å². The molecule has 122 valence electrons. The van der Waals surface area contributed by atoms with E-state index in [4.69, 9.17) is 10.5 Å². The molecule has 0 aromatic carbocycles. The zero-order chi connectivity index (χ0) is 15.4. The van der Waals surface area contributed by atoms with Gasteiger partial charge in [-0.3, -0.25) is 4.90 Å². The van der Waals surface area contributed by atoms with Crippen molar-refractivity contribution in [2.45, 2.75) is 25.5 Å². The molecule has 1 unspecified atom stereocenters. The number of likely N-dealkylation sites (N-methyl/N-ethyl adjacent to an activating group) is 1. The minimum atomic E-state index is 0.249. The van der Waals surface area contributed by atoms with Crippen molar-refractivity contribution in [3.63, 3.8) is 0 Å². The monoisotopic (exact) mass is 307 g/mol. The van der Waals surface area contributed by atoms with Crippen molar-refractivity contribution in [3.8, 4) is 0 Å². The first kappa shape index (κ1) is 15.4. The summed E-state index contributed by atoms with van der Waals surface area (Å²) in [7, 11) is 2.14. The van der Waals surface area contributed by atoms with Crippen LogP contribution in [-0.4, -0.2) is 77.2 Å². The Morgan fingerprint density at radius 2 is 2.05 bits per heavy atom. The number of nitrogens with zero attached hydrogens (tertiary/aromatic N) is 5. The summed E-state index contributed by atoms with van der Waals surface area (Å²) >= 11 is 0. The summed E-state index contributed by atoms with van der Waals surface area (Å²) < 4.78 is 5.59. The van der Waals surface area contributed by atoms with Gasteiger partial charge < -0.3 is 20.7 Å². The number of ether oxygens (including phenoxy) is 1. The fourth-order valence-corrected chi connectivity index (χ4v) is 2.80. The maximum Gasteiger partial charge on any atom is 0.227 e. The molecule has 3 N–H and O–H groups in total. The molecule has 0 saturated carbocycles. The van der Waals surface area contributed by atoms with E-state index in [1.165, 1.54) is 0 Å². The van der Waals surface area contributed by atoms with Gasteiger partial charge in [0.2, 0.25) is 11.9 Å². The van der Waals surface area contributed by atoms with Crippen LogP contribution in [-0.2, 0) is 11.3 Å². The first-order valence-electron chi connectivity index (χ1n) is 7.96. The predicted molar refractivity (Wildman–Crippen MR) is 84.5 cm³/mol. The molecule has 2 aliphatic rings. The molecule has 0 bridgehead atoms. The molecule has 3 heterocycles. The number of rotatable bonds is 5. The molecule has 0 amide bonds. The molecule has 0 aliphatic carbocycles. The highest BCUT2D eigenvalue weighted by atomic mass is 16.5. The quantitative estimate of drug-likeness (QED) is 0.772. The molecule has 8 nitrogen and oxygen atoms in total. The molecule has 1 atom stereocenters. The van der Waals surface area contributed by atoms with Gasteiger partial charge in [-0.2, -0.15) is 15.0 Å². The van der Waals surface area contributed by atoms with Crippen molar-refractivity contribution in [1.29, 1.82) is 0 Å². The molecule has 2 aliphatic heterocycles. The first-order valence-corrected chi connectivity index (χ1v) is 7.96. The van der Waals surface area contributed by atoms with Crippen LogP contribution >= 0.6 is 0 Å². The fourth-order valence-electron chi connectivity index (χ4n) is 2.80. The van der Waals surface area contributed by atoms with E-state index in [1.807, 2.05) is 0 Å². The summed E-state index contributed by atoms with van der Waals surface area (Å²) in [4.78, 5) is 17.6. The van der Waals surface area contributed by atoms with Gasteiger partial charge in [0.1, 0.15) is 5.82 Å². The van der Waals surface area contributed by atoms with Crippen molar-refractivity contribution in [1.82, 2.24) is 24.8 Å². The van der Waals surface area contributed by atoms with Gasteiger partial charge >= 0.3 is 0 Å². The Kier molecular flexibility index (Phi) is 5.01.